The van der Waals surface area contributed by atoms with E-state index in [1.165, 1.54) is 0 Å². The normalized spacial score (nSPS) is 16.4. The molecule has 29 heavy (non-hydrogen) atoms. The van der Waals surface area contributed by atoms with Gasteiger partial charge >= 0.3 is 0 Å². The van der Waals surface area contributed by atoms with Gasteiger partial charge in [-0.05, 0) is 42.5 Å². The van der Waals surface area contributed by atoms with Crippen LogP contribution in [0.1, 0.15) is 24.8 Å². The van der Waals surface area contributed by atoms with Crippen LogP contribution in [0.5, 0.6) is 0 Å². The van der Waals surface area contributed by atoms with E-state index in [-0.39, 0.29) is 5.92 Å². The first-order chi connectivity index (χ1) is 14.2. The summed E-state index contributed by atoms with van der Waals surface area (Å²) in [5.41, 5.74) is 2.09. The van der Waals surface area contributed by atoms with Crippen LogP contribution in [0.3, 0.4) is 0 Å². The van der Waals surface area contributed by atoms with Gasteiger partial charge < -0.3 is 15.0 Å². The highest BCUT2D eigenvalue weighted by Gasteiger charge is 2.29. The molecule has 1 aliphatic heterocycles. The Labute approximate surface area is 177 Å². The number of rotatable bonds is 4. The Hall–Kier alpha value is -2.48. The van der Waals surface area contributed by atoms with Crippen molar-refractivity contribution in [2.75, 3.05) is 18.0 Å². The Balaban J connectivity index is 1.37. The fourth-order valence-corrected chi connectivity index (χ4v) is 5.17. The van der Waals surface area contributed by atoms with Crippen molar-refractivity contribution >= 4 is 39.0 Å². The maximum absolute atomic E-state index is 10.6. The minimum Gasteiger partial charge on any atom is -0.385 e. The fraction of sp³-hybridized carbons (Fsp3) is 0.286. The van der Waals surface area contributed by atoms with E-state index in [0.29, 0.717) is 5.82 Å². The molecular weight excluding hydrogens is 406 g/mol. The number of fused-ring (bicyclic) bond motifs is 1. The van der Waals surface area contributed by atoms with Crippen molar-refractivity contribution in [3.05, 3.63) is 59.9 Å². The summed E-state index contributed by atoms with van der Waals surface area (Å²) in [6.45, 7) is 1.70. The lowest BCUT2D eigenvalue weighted by atomic mass is 9.91. The average Bonchev–Trinajstić information content (AvgIpc) is 3.44. The molecule has 1 aliphatic rings. The molecular formula is C21H20ClN5OS. The molecule has 1 fully saturated rings. The molecule has 6 nitrogen and oxygen atoms in total. The maximum Gasteiger partial charge on any atom is 0.150 e. The zero-order valence-electron chi connectivity index (χ0n) is 15.6. The van der Waals surface area contributed by atoms with Gasteiger partial charge in [-0.3, -0.25) is 0 Å². The van der Waals surface area contributed by atoms with Crippen molar-refractivity contribution in [3.63, 3.8) is 0 Å². The van der Waals surface area contributed by atoms with Crippen LogP contribution in [-0.2, 0) is 0 Å². The molecule has 0 aliphatic carbocycles. The van der Waals surface area contributed by atoms with Crippen LogP contribution in [0.2, 0.25) is 5.02 Å². The molecule has 2 N–H and O–H groups in total. The molecule has 4 aromatic rings. The number of nitrogens with one attached hydrogen (secondary N) is 1. The van der Waals surface area contributed by atoms with Crippen molar-refractivity contribution in [1.82, 2.24) is 19.9 Å². The summed E-state index contributed by atoms with van der Waals surface area (Å²) in [6, 6.07) is 9.98. The fourth-order valence-electron chi connectivity index (χ4n) is 3.91. The largest absolute Gasteiger partial charge is 0.385 e. The van der Waals surface area contributed by atoms with Gasteiger partial charge in [-0.25, -0.2) is 15.0 Å². The number of aromatic amines is 1. The van der Waals surface area contributed by atoms with E-state index in [2.05, 4.69) is 30.9 Å². The predicted molar refractivity (Wildman–Crippen MR) is 116 cm³/mol. The van der Waals surface area contributed by atoms with Crippen LogP contribution in [0.25, 0.3) is 20.7 Å². The van der Waals surface area contributed by atoms with Gasteiger partial charge in [0.1, 0.15) is 24.1 Å². The van der Waals surface area contributed by atoms with Gasteiger partial charge in [0.15, 0.2) is 0 Å². The van der Waals surface area contributed by atoms with E-state index in [1.54, 1.807) is 30.1 Å². The number of aromatic nitrogens is 4. The molecule has 1 saturated heterocycles. The van der Waals surface area contributed by atoms with E-state index >= 15 is 0 Å². The van der Waals surface area contributed by atoms with Gasteiger partial charge in [-0.2, -0.15) is 0 Å². The molecule has 0 saturated carbocycles. The number of nitrogens with zero attached hydrogens (tertiary/aromatic N) is 4. The number of aliphatic hydroxyl groups excluding tert-OH is 1. The van der Waals surface area contributed by atoms with E-state index in [4.69, 9.17) is 11.6 Å². The second-order valence-corrected chi connectivity index (χ2v) is 8.76. The highest BCUT2D eigenvalue weighted by molar-refractivity contribution is 7.22. The van der Waals surface area contributed by atoms with Crippen LogP contribution >= 0.6 is 22.9 Å². The molecule has 5 rings (SSSR count). The number of benzene rings is 1. The summed E-state index contributed by atoms with van der Waals surface area (Å²) in [4.78, 5) is 19.7. The quantitative estimate of drug-likeness (QED) is 0.496. The number of halogens is 1. The third kappa shape index (κ3) is 3.61. The van der Waals surface area contributed by atoms with E-state index in [1.807, 2.05) is 24.3 Å². The first-order valence-corrected chi connectivity index (χ1v) is 10.8. The highest BCUT2D eigenvalue weighted by Crippen LogP contribution is 2.39. The van der Waals surface area contributed by atoms with Crippen LogP contribution < -0.4 is 4.90 Å². The van der Waals surface area contributed by atoms with Gasteiger partial charge in [0.2, 0.25) is 0 Å². The lowest BCUT2D eigenvalue weighted by Crippen LogP contribution is -2.36. The van der Waals surface area contributed by atoms with Crippen LogP contribution in [0, 0.1) is 5.92 Å². The summed E-state index contributed by atoms with van der Waals surface area (Å²) in [6.07, 6.45) is 6.31. The van der Waals surface area contributed by atoms with E-state index < -0.39 is 6.10 Å². The predicted octanol–water partition coefficient (Wildman–Crippen LogP) is 4.68. The molecule has 0 radical (unpaired) electrons. The summed E-state index contributed by atoms with van der Waals surface area (Å²) < 4.78 is 1.10. The minimum absolute atomic E-state index is 0.197. The highest BCUT2D eigenvalue weighted by atomic mass is 35.5. The summed E-state index contributed by atoms with van der Waals surface area (Å²) >= 11 is 7.73. The Morgan fingerprint density at radius 2 is 1.93 bits per heavy atom. The van der Waals surface area contributed by atoms with Crippen molar-refractivity contribution in [2.45, 2.75) is 18.9 Å². The summed E-state index contributed by atoms with van der Waals surface area (Å²) in [5, 5.41) is 11.3. The monoisotopic (exact) mass is 425 g/mol. The lowest BCUT2D eigenvalue weighted by Gasteiger charge is -2.34. The molecule has 1 aromatic carbocycles. The average molecular weight is 426 g/mol. The van der Waals surface area contributed by atoms with Gasteiger partial charge in [-0.15, -0.1) is 11.3 Å². The molecule has 1 atom stereocenters. The van der Waals surface area contributed by atoms with Crippen molar-refractivity contribution in [2.24, 2.45) is 5.92 Å². The topological polar surface area (TPSA) is 77.9 Å². The lowest BCUT2D eigenvalue weighted by molar-refractivity contribution is 0.0856. The number of hydrogen-bond acceptors (Lipinski definition) is 6. The summed E-state index contributed by atoms with van der Waals surface area (Å²) in [7, 11) is 0. The van der Waals surface area contributed by atoms with Gasteiger partial charge in [0.25, 0.3) is 0 Å². The molecule has 0 bridgehead atoms. The third-order valence-corrected chi connectivity index (χ3v) is 6.93. The van der Waals surface area contributed by atoms with Gasteiger partial charge in [0.05, 0.1) is 10.2 Å². The molecule has 3 aromatic heterocycles. The van der Waals surface area contributed by atoms with Crippen molar-refractivity contribution in [1.29, 1.82) is 0 Å². The van der Waals surface area contributed by atoms with Crippen molar-refractivity contribution in [3.8, 4) is 10.4 Å². The maximum atomic E-state index is 10.6. The van der Waals surface area contributed by atoms with Crippen LogP contribution in [0.4, 0.5) is 5.82 Å². The molecule has 0 amide bonds. The zero-order valence-corrected chi connectivity index (χ0v) is 17.2. The number of anilines is 1. The smallest absolute Gasteiger partial charge is 0.150 e. The Morgan fingerprint density at radius 3 is 2.66 bits per heavy atom. The second kappa shape index (κ2) is 7.74. The second-order valence-electron chi connectivity index (χ2n) is 7.27. The first-order valence-electron chi connectivity index (χ1n) is 9.62. The number of piperidine rings is 1. The molecule has 8 heteroatoms. The van der Waals surface area contributed by atoms with E-state index in [9.17, 15) is 5.11 Å². The summed E-state index contributed by atoms with van der Waals surface area (Å²) in [5.74, 6) is 1.83. The van der Waals surface area contributed by atoms with Crippen LogP contribution in [0.15, 0.2) is 49.1 Å². The minimum atomic E-state index is -0.546. The zero-order chi connectivity index (χ0) is 19.8. The first kappa shape index (κ1) is 18.5. The van der Waals surface area contributed by atoms with Crippen LogP contribution in [-0.4, -0.2) is 38.1 Å². The van der Waals surface area contributed by atoms with Crippen molar-refractivity contribution < 1.29 is 5.11 Å². The third-order valence-electron chi connectivity index (χ3n) is 5.51. The number of hydrogen-bond donors (Lipinski definition) is 2. The molecule has 0 spiro atoms. The standard InChI is InChI=1S/C21H20ClN5OS/c22-15-3-1-13(2-4-15)17-11-16-19(29-17)21(26-12-25-16)27-9-5-14(6-10-27)18(28)20-23-7-8-24-20/h1-4,7-8,11-12,14,18,28H,5-6,9-10H2,(H,23,24). The Bertz CT molecular complexity index is 1100. The van der Waals surface area contributed by atoms with Gasteiger partial charge in [0, 0.05) is 35.4 Å². The number of thiophene rings is 1. The number of aliphatic hydroxyl groups is 1. The molecule has 148 valence electrons. The molecule has 1 unspecified atom stereocenters. The Kier molecular flexibility index (Phi) is 4.95. The SMILES string of the molecule is OC(c1ncc[nH]1)C1CCN(c2ncnc3cc(-c4ccc(Cl)cc4)sc23)CC1. The molecule has 4 heterocycles. The Morgan fingerprint density at radius 1 is 1.14 bits per heavy atom. The number of H-pyrrole nitrogens is 1. The van der Waals surface area contributed by atoms with E-state index in [0.717, 1.165) is 57.4 Å². The van der Waals surface area contributed by atoms with Gasteiger partial charge in [-0.1, -0.05) is 23.7 Å². The number of imidazole rings is 1.